The van der Waals surface area contributed by atoms with Crippen LogP contribution in [0.2, 0.25) is 0 Å². The number of nitrogens with one attached hydrogen (secondary N) is 1. The molecule has 1 N–H and O–H groups in total. The van der Waals surface area contributed by atoms with Gasteiger partial charge < -0.3 is 4.90 Å². The largest absolute Gasteiger partial charge is 0.326 e. The molecule has 6 heteroatoms. The maximum absolute atomic E-state index is 11.4. The monoisotopic (exact) mass is 232 g/mol. The second kappa shape index (κ2) is 3.75. The number of carbonyl (C=O) groups excluding carboxylic acids is 1. The smallest absolute Gasteiger partial charge is 0.237 e. The maximum atomic E-state index is 11.4. The van der Waals surface area contributed by atoms with Crippen molar-refractivity contribution in [1.82, 2.24) is 10.2 Å². The second-order valence-electron chi connectivity index (χ2n) is 4.37. The quantitative estimate of drug-likeness (QED) is 0.677. The van der Waals surface area contributed by atoms with Crippen molar-refractivity contribution >= 4 is 15.7 Å². The van der Waals surface area contributed by atoms with E-state index in [1.54, 1.807) is 4.90 Å². The van der Waals surface area contributed by atoms with E-state index in [4.69, 9.17) is 0 Å². The van der Waals surface area contributed by atoms with Crippen LogP contribution >= 0.6 is 0 Å². The van der Waals surface area contributed by atoms with Gasteiger partial charge in [0.15, 0.2) is 9.84 Å². The number of sulfone groups is 1. The highest BCUT2D eigenvalue weighted by atomic mass is 32.2. The minimum atomic E-state index is -2.83. The van der Waals surface area contributed by atoms with Gasteiger partial charge in [-0.3, -0.25) is 10.1 Å². The van der Waals surface area contributed by atoms with Crippen LogP contribution in [0.3, 0.4) is 0 Å². The van der Waals surface area contributed by atoms with Crippen molar-refractivity contribution in [2.24, 2.45) is 5.92 Å². The lowest BCUT2D eigenvalue weighted by Crippen LogP contribution is -2.38. The van der Waals surface area contributed by atoms with E-state index in [-0.39, 0.29) is 29.5 Å². The van der Waals surface area contributed by atoms with Crippen molar-refractivity contribution in [2.45, 2.75) is 19.5 Å². The zero-order valence-electron chi connectivity index (χ0n) is 8.77. The fraction of sp³-hybridized carbons (Fsp3) is 0.889. The van der Waals surface area contributed by atoms with Crippen LogP contribution in [0, 0.1) is 5.92 Å². The van der Waals surface area contributed by atoms with Crippen LogP contribution in [0.4, 0.5) is 0 Å². The van der Waals surface area contributed by atoms with E-state index in [0.717, 1.165) is 0 Å². The Kier molecular flexibility index (Phi) is 2.72. The average Bonchev–Trinajstić information content (AvgIpc) is 2.63. The molecular weight excluding hydrogens is 216 g/mol. The van der Waals surface area contributed by atoms with E-state index in [1.807, 2.05) is 6.92 Å². The zero-order chi connectivity index (χ0) is 11.1. The summed E-state index contributed by atoms with van der Waals surface area (Å²) < 4.78 is 22.5. The molecule has 0 bridgehead atoms. The predicted octanol–water partition coefficient (Wildman–Crippen LogP) is -0.801. The van der Waals surface area contributed by atoms with Crippen LogP contribution in [0.25, 0.3) is 0 Å². The number of amides is 1. The topological polar surface area (TPSA) is 66.5 Å². The maximum Gasteiger partial charge on any atom is 0.237 e. The molecule has 1 amide bonds. The fourth-order valence-corrected chi connectivity index (χ4v) is 4.07. The van der Waals surface area contributed by atoms with Gasteiger partial charge in [-0.15, -0.1) is 0 Å². The van der Waals surface area contributed by atoms with Crippen molar-refractivity contribution in [1.29, 1.82) is 0 Å². The van der Waals surface area contributed by atoms with Gasteiger partial charge in [-0.1, -0.05) is 0 Å². The molecule has 0 aliphatic carbocycles. The van der Waals surface area contributed by atoms with Gasteiger partial charge in [0.25, 0.3) is 0 Å². The molecule has 0 aromatic carbocycles. The lowest BCUT2D eigenvalue weighted by atomic mass is 10.1. The molecule has 2 rings (SSSR count). The number of hydrogen-bond donors (Lipinski definition) is 1. The first-order chi connectivity index (χ1) is 6.98. The van der Waals surface area contributed by atoms with E-state index >= 15 is 0 Å². The molecule has 2 fully saturated rings. The number of nitrogens with zero attached hydrogens (tertiary/aromatic N) is 1. The molecular formula is C9H16N2O3S. The van der Waals surface area contributed by atoms with E-state index in [0.29, 0.717) is 19.5 Å². The summed E-state index contributed by atoms with van der Waals surface area (Å²) in [5.41, 5.74) is 0. The first-order valence-corrected chi connectivity index (χ1v) is 7.03. The Morgan fingerprint density at radius 2 is 2.27 bits per heavy atom. The van der Waals surface area contributed by atoms with Crippen molar-refractivity contribution in [3.63, 3.8) is 0 Å². The molecule has 0 radical (unpaired) electrons. The highest BCUT2D eigenvalue weighted by Crippen LogP contribution is 2.21. The highest BCUT2D eigenvalue weighted by Gasteiger charge is 2.34. The van der Waals surface area contributed by atoms with Crippen LogP contribution < -0.4 is 5.32 Å². The van der Waals surface area contributed by atoms with Gasteiger partial charge in [0.2, 0.25) is 5.91 Å². The Morgan fingerprint density at radius 3 is 2.73 bits per heavy atom. The van der Waals surface area contributed by atoms with Gasteiger partial charge in [-0.25, -0.2) is 8.42 Å². The van der Waals surface area contributed by atoms with Gasteiger partial charge in [0, 0.05) is 6.54 Å². The Balaban J connectivity index is 1.95. The third kappa shape index (κ3) is 2.31. The summed E-state index contributed by atoms with van der Waals surface area (Å²) >= 11 is 0. The molecule has 2 unspecified atom stereocenters. The van der Waals surface area contributed by atoms with E-state index in [1.165, 1.54) is 0 Å². The first kappa shape index (κ1) is 10.9. The summed E-state index contributed by atoms with van der Waals surface area (Å²) in [4.78, 5) is 13.2. The van der Waals surface area contributed by atoms with Gasteiger partial charge in [0.05, 0.1) is 24.2 Å². The Labute approximate surface area is 89.7 Å². The Morgan fingerprint density at radius 1 is 1.53 bits per heavy atom. The molecule has 0 aromatic heterocycles. The minimum absolute atomic E-state index is 0.0424. The molecule has 0 spiro atoms. The molecule has 86 valence electrons. The second-order valence-corrected chi connectivity index (χ2v) is 6.60. The number of rotatable bonds is 2. The first-order valence-electron chi connectivity index (χ1n) is 5.21. The van der Waals surface area contributed by atoms with Gasteiger partial charge >= 0.3 is 0 Å². The van der Waals surface area contributed by atoms with Crippen molar-refractivity contribution in [2.75, 3.05) is 24.6 Å². The fourth-order valence-electron chi connectivity index (χ4n) is 2.22. The van der Waals surface area contributed by atoms with Crippen molar-refractivity contribution < 1.29 is 13.2 Å². The summed E-state index contributed by atoms with van der Waals surface area (Å²) in [5.74, 6) is 0.721. The molecule has 2 aliphatic heterocycles. The van der Waals surface area contributed by atoms with Crippen LogP contribution in [0.1, 0.15) is 13.3 Å². The summed E-state index contributed by atoms with van der Waals surface area (Å²) in [5, 5.41) is 3.04. The Bertz CT molecular complexity index is 366. The lowest BCUT2D eigenvalue weighted by Gasteiger charge is -2.23. The normalized spacial score (nSPS) is 35.0. The average molecular weight is 232 g/mol. The summed E-state index contributed by atoms with van der Waals surface area (Å²) in [6, 6.07) is 0. The molecule has 0 aromatic rings. The third-order valence-corrected chi connectivity index (χ3v) is 4.96. The standard InChI is InChI=1S/C9H16N2O3S/c1-7-10-4-9(12)11(7)5-8-2-3-15(13,14)6-8/h7-8,10H,2-6H2,1H3. The summed E-state index contributed by atoms with van der Waals surface area (Å²) in [6.07, 6.45) is 0.736. The van der Waals surface area contributed by atoms with Crippen molar-refractivity contribution in [3.05, 3.63) is 0 Å². The predicted molar refractivity (Wildman–Crippen MR) is 55.9 cm³/mol. The van der Waals surface area contributed by atoms with Crippen molar-refractivity contribution in [3.8, 4) is 0 Å². The van der Waals surface area contributed by atoms with Crippen LogP contribution in [0.5, 0.6) is 0 Å². The van der Waals surface area contributed by atoms with Crippen LogP contribution in [-0.2, 0) is 14.6 Å². The van der Waals surface area contributed by atoms with Gasteiger partial charge in [-0.05, 0) is 19.3 Å². The summed E-state index contributed by atoms with van der Waals surface area (Å²) in [6.45, 7) is 2.88. The molecule has 2 atom stereocenters. The van der Waals surface area contributed by atoms with E-state index < -0.39 is 9.84 Å². The molecule has 0 saturated carbocycles. The zero-order valence-corrected chi connectivity index (χ0v) is 9.59. The van der Waals surface area contributed by atoms with E-state index in [9.17, 15) is 13.2 Å². The van der Waals surface area contributed by atoms with Gasteiger partial charge in [-0.2, -0.15) is 0 Å². The number of hydrogen-bond acceptors (Lipinski definition) is 4. The molecule has 2 heterocycles. The molecule has 2 aliphatic rings. The minimum Gasteiger partial charge on any atom is -0.326 e. The van der Waals surface area contributed by atoms with Crippen LogP contribution in [0.15, 0.2) is 0 Å². The Hall–Kier alpha value is -0.620. The SMILES string of the molecule is CC1NCC(=O)N1CC1CCS(=O)(=O)C1. The summed E-state index contributed by atoms with van der Waals surface area (Å²) in [7, 11) is -2.83. The molecule has 5 nitrogen and oxygen atoms in total. The number of carbonyl (C=O) groups is 1. The lowest BCUT2D eigenvalue weighted by molar-refractivity contribution is -0.128. The van der Waals surface area contributed by atoms with E-state index in [2.05, 4.69) is 5.32 Å². The van der Waals surface area contributed by atoms with Gasteiger partial charge in [0.1, 0.15) is 0 Å². The molecule has 15 heavy (non-hydrogen) atoms. The third-order valence-electron chi connectivity index (χ3n) is 3.12. The highest BCUT2D eigenvalue weighted by molar-refractivity contribution is 7.91. The van der Waals surface area contributed by atoms with Crippen LogP contribution in [-0.4, -0.2) is 50.0 Å². The molecule has 2 saturated heterocycles.